The molecule has 0 bridgehead atoms. The maximum Gasteiger partial charge on any atom is 0.276 e. The highest BCUT2D eigenvalue weighted by atomic mass is 16.5. The SMILES string of the molecule is Cc1cc(-c2nc([C@@H]3C[C@H](c4ccccc4)N4CCC[C@@H]34)no2)n(C)n1. The molecule has 134 valence electrons. The third-order valence-corrected chi connectivity index (χ3v) is 5.86. The van der Waals surface area contributed by atoms with Crippen LogP contribution in [0.4, 0.5) is 0 Å². The predicted octanol–water partition coefficient (Wildman–Crippen LogP) is 3.47. The van der Waals surface area contributed by atoms with E-state index in [0.717, 1.165) is 30.2 Å². The van der Waals surface area contributed by atoms with Gasteiger partial charge in [-0.05, 0) is 44.4 Å². The molecule has 2 aliphatic rings. The lowest BCUT2D eigenvalue weighted by molar-refractivity contribution is 0.243. The molecule has 3 aromatic rings. The largest absolute Gasteiger partial charge is 0.332 e. The van der Waals surface area contributed by atoms with Gasteiger partial charge in [-0.2, -0.15) is 10.1 Å². The van der Waals surface area contributed by atoms with Crippen molar-refractivity contribution in [1.82, 2.24) is 24.8 Å². The Morgan fingerprint density at radius 2 is 2.04 bits per heavy atom. The van der Waals surface area contributed by atoms with Crippen molar-refractivity contribution in [2.24, 2.45) is 7.05 Å². The Labute approximate surface area is 152 Å². The van der Waals surface area contributed by atoms with Crippen LogP contribution in [0.1, 0.15) is 48.3 Å². The molecule has 26 heavy (non-hydrogen) atoms. The van der Waals surface area contributed by atoms with E-state index in [4.69, 9.17) is 9.51 Å². The van der Waals surface area contributed by atoms with Crippen molar-refractivity contribution >= 4 is 0 Å². The van der Waals surface area contributed by atoms with E-state index in [9.17, 15) is 0 Å². The van der Waals surface area contributed by atoms with E-state index in [0.29, 0.717) is 23.9 Å². The van der Waals surface area contributed by atoms with E-state index >= 15 is 0 Å². The highest BCUT2D eigenvalue weighted by Crippen LogP contribution is 2.48. The minimum atomic E-state index is 0.328. The fourth-order valence-electron chi connectivity index (χ4n) is 4.75. The Bertz CT molecular complexity index is 915. The lowest BCUT2D eigenvalue weighted by Crippen LogP contribution is -2.27. The summed E-state index contributed by atoms with van der Waals surface area (Å²) in [6.45, 7) is 3.13. The first kappa shape index (κ1) is 15.8. The molecule has 1 aromatic carbocycles. The van der Waals surface area contributed by atoms with Crippen molar-refractivity contribution in [1.29, 1.82) is 0 Å². The fraction of sp³-hybridized carbons (Fsp3) is 0.450. The van der Waals surface area contributed by atoms with Crippen LogP contribution < -0.4 is 0 Å². The summed E-state index contributed by atoms with van der Waals surface area (Å²) in [4.78, 5) is 7.40. The lowest BCUT2D eigenvalue weighted by atomic mass is 9.94. The van der Waals surface area contributed by atoms with E-state index in [1.165, 1.54) is 18.4 Å². The molecule has 0 amide bonds. The van der Waals surface area contributed by atoms with Crippen LogP contribution in [0.2, 0.25) is 0 Å². The molecule has 3 atom stereocenters. The first-order valence-electron chi connectivity index (χ1n) is 9.36. The number of aryl methyl sites for hydroxylation is 2. The zero-order valence-electron chi connectivity index (χ0n) is 15.2. The Morgan fingerprint density at radius 1 is 1.19 bits per heavy atom. The second-order valence-electron chi connectivity index (χ2n) is 7.47. The number of hydrogen-bond acceptors (Lipinski definition) is 5. The number of aromatic nitrogens is 4. The normalized spacial score (nSPS) is 25.7. The summed E-state index contributed by atoms with van der Waals surface area (Å²) < 4.78 is 7.41. The molecule has 2 aliphatic heterocycles. The quantitative estimate of drug-likeness (QED) is 0.724. The monoisotopic (exact) mass is 349 g/mol. The van der Waals surface area contributed by atoms with E-state index in [2.05, 4.69) is 45.5 Å². The van der Waals surface area contributed by atoms with Crippen molar-refractivity contribution < 1.29 is 4.52 Å². The molecule has 2 saturated heterocycles. The minimum Gasteiger partial charge on any atom is -0.332 e. The second-order valence-corrected chi connectivity index (χ2v) is 7.47. The van der Waals surface area contributed by atoms with Crippen LogP contribution >= 0.6 is 0 Å². The van der Waals surface area contributed by atoms with E-state index < -0.39 is 0 Å². The Morgan fingerprint density at radius 3 is 2.81 bits per heavy atom. The number of hydrogen-bond donors (Lipinski definition) is 0. The van der Waals surface area contributed by atoms with Crippen LogP contribution in [-0.4, -0.2) is 37.4 Å². The van der Waals surface area contributed by atoms with Gasteiger partial charge in [-0.25, -0.2) is 0 Å². The van der Waals surface area contributed by atoms with Gasteiger partial charge in [-0.3, -0.25) is 9.58 Å². The predicted molar refractivity (Wildman–Crippen MR) is 97.5 cm³/mol. The van der Waals surface area contributed by atoms with Gasteiger partial charge in [0.1, 0.15) is 5.69 Å². The molecule has 0 radical (unpaired) electrons. The summed E-state index contributed by atoms with van der Waals surface area (Å²) in [5.41, 5.74) is 3.23. The molecule has 6 nitrogen and oxygen atoms in total. The minimum absolute atomic E-state index is 0.328. The third kappa shape index (κ3) is 2.48. The maximum absolute atomic E-state index is 5.61. The molecule has 0 spiro atoms. The van der Waals surface area contributed by atoms with Gasteiger partial charge in [-0.15, -0.1) is 0 Å². The first-order valence-corrected chi connectivity index (χ1v) is 9.36. The van der Waals surface area contributed by atoms with Gasteiger partial charge in [0.05, 0.1) is 5.69 Å². The average Bonchev–Trinajstić information content (AvgIpc) is 3.39. The number of fused-ring (bicyclic) bond motifs is 1. The Kier molecular flexibility index (Phi) is 3.67. The molecule has 6 heteroatoms. The Hall–Kier alpha value is -2.47. The van der Waals surface area contributed by atoms with Gasteiger partial charge in [0.25, 0.3) is 5.89 Å². The van der Waals surface area contributed by atoms with Crippen LogP contribution in [-0.2, 0) is 7.05 Å². The summed E-state index contributed by atoms with van der Waals surface area (Å²) in [7, 11) is 1.91. The second kappa shape index (κ2) is 6.06. The lowest BCUT2D eigenvalue weighted by Gasteiger charge is -2.24. The molecular weight excluding hydrogens is 326 g/mol. The molecule has 4 heterocycles. The highest BCUT2D eigenvalue weighted by Gasteiger charge is 2.46. The summed E-state index contributed by atoms with van der Waals surface area (Å²) in [5, 5.41) is 8.74. The standard InChI is InChI=1S/C20H23N5O/c1-13-11-18(24(2)22-13)20-21-19(23-26-20)15-12-17(14-7-4-3-5-8-14)25-10-6-9-16(15)25/h3-5,7-8,11,15-17H,6,9-10,12H2,1-2H3/t15-,16+,17-/m1/s1. The van der Waals surface area contributed by atoms with Crippen LogP contribution in [0.15, 0.2) is 40.9 Å². The number of benzene rings is 1. The molecule has 0 saturated carbocycles. The first-order chi connectivity index (χ1) is 12.7. The zero-order chi connectivity index (χ0) is 17.7. The van der Waals surface area contributed by atoms with Gasteiger partial charge in [-0.1, -0.05) is 35.5 Å². The van der Waals surface area contributed by atoms with Crippen molar-refractivity contribution in [3.05, 3.63) is 53.5 Å². The highest BCUT2D eigenvalue weighted by molar-refractivity contribution is 5.47. The van der Waals surface area contributed by atoms with E-state index in [1.807, 2.05) is 20.0 Å². The Balaban J connectivity index is 1.46. The van der Waals surface area contributed by atoms with Crippen LogP contribution in [0, 0.1) is 6.92 Å². The summed E-state index contributed by atoms with van der Waals surface area (Å²) in [5.74, 6) is 1.74. The van der Waals surface area contributed by atoms with Crippen LogP contribution in [0.5, 0.6) is 0 Å². The zero-order valence-corrected chi connectivity index (χ0v) is 15.2. The van der Waals surface area contributed by atoms with Gasteiger partial charge in [0.15, 0.2) is 5.82 Å². The van der Waals surface area contributed by atoms with Gasteiger partial charge >= 0.3 is 0 Å². The summed E-state index contributed by atoms with van der Waals surface area (Å²) >= 11 is 0. The number of rotatable bonds is 3. The summed E-state index contributed by atoms with van der Waals surface area (Å²) in [6, 6.07) is 13.8. The fourth-order valence-corrected chi connectivity index (χ4v) is 4.75. The molecule has 0 N–H and O–H groups in total. The average molecular weight is 349 g/mol. The molecule has 0 unspecified atom stereocenters. The van der Waals surface area contributed by atoms with Crippen LogP contribution in [0.25, 0.3) is 11.6 Å². The molecular formula is C20H23N5O. The third-order valence-electron chi connectivity index (χ3n) is 5.86. The smallest absolute Gasteiger partial charge is 0.276 e. The van der Waals surface area contributed by atoms with Crippen LogP contribution in [0.3, 0.4) is 0 Å². The maximum atomic E-state index is 5.61. The molecule has 2 aromatic heterocycles. The van der Waals surface area contributed by atoms with E-state index in [1.54, 1.807) is 4.68 Å². The van der Waals surface area contributed by atoms with Crippen molar-refractivity contribution in [2.75, 3.05) is 6.54 Å². The van der Waals surface area contributed by atoms with Crippen molar-refractivity contribution in [2.45, 2.75) is 44.2 Å². The van der Waals surface area contributed by atoms with Gasteiger partial charge in [0, 0.05) is 25.0 Å². The molecule has 5 rings (SSSR count). The van der Waals surface area contributed by atoms with E-state index in [-0.39, 0.29) is 0 Å². The van der Waals surface area contributed by atoms with Gasteiger partial charge in [0.2, 0.25) is 0 Å². The topological polar surface area (TPSA) is 60.0 Å². The van der Waals surface area contributed by atoms with Crippen molar-refractivity contribution in [3.63, 3.8) is 0 Å². The summed E-state index contributed by atoms with van der Waals surface area (Å²) in [6.07, 6.45) is 3.51. The molecule has 0 aliphatic carbocycles. The van der Waals surface area contributed by atoms with Gasteiger partial charge < -0.3 is 4.52 Å². The number of nitrogens with zero attached hydrogens (tertiary/aromatic N) is 5. The molecule has 2 fully saturated rings. The van der Waals surface area contributed by atoms with Crippen molar-refractivity contribution in [3.8, 4) is 11.6 Å².